The number of phosphoric ester groups is 2. The third-order valence-corrected chi connectivity index (χ3v) is 19.4. The summed E-state index contributed by atoms with van der Waals surface area (Å²) < 4.78 is 114. The Balaban J connectivity index is 0.864. The molecule has 37 nitrogen and oxygen atoms in total. The molecular weight excluding hydrogens is 1170 g/mol. The van der Waals surface area contributed by atoms with Crippen LogP contribution in [0.4, 0.5) is 17.7 Å². The highest BCUT2D eigenvalue weighted by Crippen LogP contribution is 2.62. The molecule has 4 aliphatic rings. The highest BCUT2D eigenvalue weighted by molar-refractivity contribution is 7.64. The fourth-order valence-electron chi connectivity index (χ4n) is 9.67. The molecule has 9 heterocycles. The summed E-state index contributed by atoms with van der Waals surface area (Å²) in [4.78, 5) is 94.1. The Labute approximate surface area is 455 Å². The number of aliphatic hydroxyl groups is 3. The number of phosphoric acid groups is 2. The Morgan fingerprint density at radius 2 is 1.42 bits per heavy atom. The first-order chi connectivity index (χ1) is 38.2. The van der Waals surface area contributed by atoms with Crippen LogP contribution in [-0.4, -0.2) is 187 Å². The van der Waals surface area contributed by atoms with Crippen LogP contribution in [0.15, 0.2) is 39.1 Å². The quantitative estimate of drug-likeness (QED) is 0.0249. The van der Waals surface area contributed by atoms with Gasteiger partial charge in [0.2, 0.25) is 17.7 Å². The average molecular weight is 1230 g/mol. The van der Waals surface area contributed by atoms with E-state index in [0.29, 0.717) is 18.5 Å². The number of aromatic amines is 2. The number of anilines is 2. The van der Waals surface area contributed by atoms with Crippen LogP contribution in [0.3, 0.4) is 0 Å². The molecule has 4 aliphatic heterocycles. The summed E-state index contributed by atoms with van der Waals surface area (Å²) >= 11 is 0. The molecule has 15 N–H and O–H groups in total. The number of fused-ring (bicyclic) bond motifs is 3. The normalized spacial score (nSPS) is 29.9. The first-order valence-electron chi connectivity index (χ1n) is 24.4. The lowest BCUT2D eigenvalue weighted by atomic mass is 9.99. The summed E-state index contributed by atoms with van der Waals surface area (Å²) in [5.74, 6) is -1.34. The van der Waals surface area contributed by atoms with Crippen molar-refractivity contribution in [2.24, 2.45) is 23.7 Å². The monoisotopic (exact) mass is 1230 g/mol. The Bertz CT molecular complexity index is 3550. The second kappa shape index (κ2) is 23.5. The van der Waals surface area contributed by atoms with E-state index < -0.39 is 148 Å². The zero-order chi connectivity index (χ0) is 58.7. The van der Waals surface area contributed by atoms with Crippen LogP contribution < -0.4 is 32.9 Å². The first-order valence-corrected chi connectivity index (χ1v) is 30.9. The molecule has 3 fully saturated rings. The Morgan fingerprint density at radius 3 is 2.14 bits per heavy atom. The van der Waals surface area contributed by atoms with Crippen LogP contribution in [0.5, 0.6) is 0 Å². The molecule has 0 spiro atoms. The summed E-state index contributed by atoms with van der Waals surface area (Å²) in [6.45, 7) is -1.07. The van der Waals surface area contributed by atoms with Gasteiger partial charge in [0.25, 0.3) is 17.1 Å². The average Bonchev–Trinajstić information content (AvgIpc) is 3.57. The number of ether oxygens (including phenoxy) is 5. The molecule has 16 atom stereocenters. The number of aromatic nitrogens is 10. The number of methoxy groups -OCH3 is 2. The predicted octanol–water partition coefficient (Wildman–Crippen LogP) is -2.00. The van der Waals surface area contributed by atoms with Gasteiger partial charge in [0, 0.05) is 32.8 Å². The molecule has 0 radical (unpaired) electrons. The third kappa shape index (κ3) is 12.6. The molecule has 5 aromatic heterocycles. The fraction of sp³-hybridized carbons (Fsp3) is 0.600. The number of aryl methyl sites for hydroxylation is 1. The van der Waals surface area contributed by atoms with Crippen molar-refractivity contribution in [1.29, 1.82) is 0 Å². The van der Waals surface area contributed by atoms with Gasteiger partial charge in [-0.05, 0) is 12.0 Å². The summed E-state index contributed by atoms with van der Waals surface area (Å²) in [7, 11) is -17.3. The Hall–Kier alpha value is -5.04. The van der Waals surface area contributed by atoms with Crippen molar-refractivity contribution in [1.82, 2.24) is 43.6 Å². The molecule has 446 valence electrons. The second-order valence-electron chi connectivity index (χ2n) is 18.9. The molecule has 0 aliphatic carbocycles. The van der Waals surface area contributed by atoms with E-state index in [1.165, 1.54) is 47.6 Å². The van der Waals surface area contributed by atoms with Gasteiger partial charge in [-0.3, -0.25) is 56.0 Å². The van der Waals surface area contributed by atoms with Gasteiger partial charge in [0.15, 0.2) is 35.8 Å². The number of rotatable bonds is 23. The number of hydrogen-bond donors (Lipinski definition) is 12. The zero-order valence-electron chi connectivity index (χ0n) is 43.1. The van der Waals surface area contributed by atoms with Crippen molar-refractivity contribution in [3.63, 3.8) is 0 Å². The number of nitrogens with zero attached hydrogens (tertiary/aromatic N) is 9. The predicted molar refractivity (Wildman–Crippen MR) is 274 cm³/mol. The molecule has 41 heteroatoms. The molecular formula is C40H59N14O23P4+. The lowest BCUT2D eigenvalue weighted by molar-refractivity contribution is -0.745. The fourth-order valence-corrected chi connectivity index (χ4v) is 15.3. The van der Waals surface area contributed by atoms with E-state index in [-0.39, 0.29) is 52.3 Å². The highest BCUT2D eigenvalue weighted by Gasteiger charge is 2.53. The standard InChI is InChI=1S/C40H58N14O23P4/c1-5-17-6-7-44-31-23(22(17)41)45-14-52(31)38-30(69-4)29(76-80(64,65)71-12-20-27(56)28(57)37(74-20)53-15-46-24-32(53)47-39(42)49-34(24)58)21(75-38)13-70-78(60,61)8-9-79(62,63)77-81(66,67)72-11-19-18(10-68-3)26(55)36(73-19)54-16-51(2)25-33(54)48-40(43)50-35(25)59/h7,14-16,18-21,26-30,36-38,55-57H,5-6,8-13,41H2,1-4H3,(H9-,42,43,47,48,49,50,58,59,60,61,62,63,64,65,66,67)/p+1/t18-,19-,20-,21-,26-,27-,28-,29-,30-,36-,37-,38-/m1/s1. The highest BCUT2D eigenvalue weighted by atomic mass is 31.3. The molecule has 81 heavy (non-hydrogen) atoms. The SMILES string of the molecule is CCC1=C(N)c2ncn([C@@H]3O[C@H](COP(=O)(O)CCP(=O)(O)OP(=O)(O)OC[C@H]4O[C@@H]([n+]5cn(C)c6c(=O)[nH]c(N)nc65)[C@H](O)[C@@H]4COC)[C@@H](OP(=O)(O)OC[C@H]4O[C@@H](n5cnc6c(=O)[nH]c(N)nc65)[C@H](O)[C@@H]4O)[C@H]3OC)c2N=CC1. The van der Waals surface area contributed by atoms with Crippen LogP contribution >= 0.6 is 30.8 Å². The van der Waals surface area contributed by atoms with Crippen molar-refractivity contribution >= 4 is 82.8 Å². The maximum atomic E-state index is 13.9. The van der Waals surface area contributed by atoms with Gasteiger partial charge < -0.3 is 80.3 Å². The smallest absolute Gasteiger partial charge is 0.397 e. The molecule has 5 aromatic rings. The maximum Gasteiger partial charge on any atom is 0.479 e. The van der Waals surface area contributed by atoms with E-state index in [4.69, 9.17) is 59.0 Å². The van der Waals surface area contributed by atoms with Gasteiger partial charge in [-0.1, -0.05) is 11.9 Å². The number of aliphatic imine (C=N–C) groups is 1. The van der Waals surface area contributed by atoms with Crippen molar-refractivity contribution in [3.05, 3.63) is 51.0 Å². The van der Waals surface area contributed by atoms with Crippen molar-refractivity contribution in [2.75, 3.05) is 64.4 Å². The Morgan fingerprint density at radius 1 is 0.765 bits per heavy atom. The number of imidazole rings is 3. The first kappa shape index (κ1) is 60.5. The van der Waals surface area contributed by atoms with Gasteiger partial charge >= 0.3 is 36.5 Å². The van der Waals surface area contributed by atoms with Gasteiger partial charge in [0.1, 0.15) is 48.4 Å². The van der Waals surface area contributed by atoms with E-state index in [1.54, 1.807) is 6.21 Å². The summed E-state index contributed by atoms with van der Waals surface area (Å²) in [5.41, 5.74) is 17.8. The summed E-state index contributed by atoms with van der Waals surface area (Å²) in [6, 6.07) is 0. The van der Waals surface area contributed by atoms with Gasteiger partial charge in [-0.2, -0.15) is 4.98 Å². The topological polar surface area (TPSA) is 529 Å². The van der Waals surface area contributed by atoms with Crippen molar-refractivity contribution in [3.8, 4) is 0 Å². The van der Waals surface area contributed by atoms with Crippen LogP contribution in [0.2, 0.25) is 0 Å². The van der Waals surface area contributed by atoms with Crippen LogP contribution in [0.1, 0.15) is 44.1 Å². The van der Waals surface area contributed by atoms with Crippen molar-refractivity contribution < 1.29 is 104 Å². The van der Waals surface area contributed by atoms with E-state index >= 15 is 0 Å². The number of H-pyrrole nitrogens is 2. The van der Waals surface area contributed by atoms with Crippen LogP contribution in [-0.2, 0) is 71.4 Å². The van der Waals surface area contributed by atoms with Crippen LogP contribution in [0.25, 0.3) is 28.0 Å². The number of allylic oxidation sites excluding steroid dienone is 1. The largest absolute Gasteiger partial charge is 0.479 e. The number of nitrogen functional groups attached to an aromatic ring is 2. The molecule has 0 amide bonds. The number of nitrogens with one attached hydrogen (secondary N) is 2. The third-order valence-electron chi connectivity index (χ3n) is 13.6. The number of hydrogen-bond acceptors (Lipinski definition) is 27. The molecule has 4 unspecified atom stereocenters. The van der Waals surface area contributed by atoms with E-state index in [2.05, 4.69) is 39.2 Å². The van der Waals surface area contributed by atoms with Crippen molar-refractivity contribution in [2.45, 2.75) is 87.3 Å². The van der Waals surface area contributed by atoms with Gasteiger partial charge in [0.05, 0.1) is 70.3 Å². The van der Waals surface area contributed by atoms with Crippen LogP contribution in [0, 0.1) is 5.92 Å². The zero-order valence-corrected chi connectivity index (χ0v) is 46.7. The molecule has 9 rings (SSSR count). The van der Waals surface area contributed by atoms with E-state index in [9.17, 15) is 62.7 Å². The minimum absolute atomic E-state index is 0.0171. The molecule has 3 saturated heterocycles. The van der Waals surface area contributed by atoms with E-state index in [1.807, 2.05) is 6.92 Å². The molecule has 0 aromatic carbocycles. The molecule has 0 saturated carbocycles. The lowest BCUT2D eigenvalue weighted by Crippen LogP contribution is -2.45. The summed E-state index contributed by atoms with van der Waals surface area (Å²) in [6.07, 6.45) is -12.9. The molecule has 0 bridgehead atoms. The lowest BCUT2D eigenvalue weighted by Gasteiger charge is -2.26. The minimum atomic E-state index is -5.53. The second-order valence-corrected chi connectivity index (χ2v) is 25.9. The maximum absolute atomic E-state index is 13.9. The minimum Gasteiger partial charge on any atom is -0.397 e. The number of aliphatic hydroxyl groups excluding tert-OH is 3. The Kier molecular flexibility index (Phi) is 17.6. The van der Waals surface area contributed by atoms with E-state index in [0.717, 1.165) is 16.5 Å². The number of nitrogens with two attached hydrogens (primary N) is 3. The van der Waals surface area contributed by atoms with Gasteiger partial charge in [-0.25, -0.2) is 33.0 Å². The summed E-state index contributed by atoms with van der Waals surface area (Å²) in [5, 5.41) is 33.2. The van der Waals surface area contributed by atoms with Gasteiger partial charge in [-0.15, -0.1) is 0 Å².